The van der Waals surface area contributed by atoms with Crippen molar-refractivity contribution in [3.8, 4) is 0 Å². The first kappa shape index (κ1) is 12.2. The molecule has 13 heavy (non-hydrogen) atoms. The zero-order valence-electron chi connectivity index (χ0n) is 8.18. The van der Waals surface area contributed by atoms with Crippen molar-refractivity contribution in [1.29, 1.82) is 0 Å². The van der Waals surface area contributed by atoms with Gasteiger partial charge >= 0.3 is 0 Å². The van der Waals surface area contributed by atoms with Crippen LogP contribution in [-0.2, 0) is 0 Å². The smallest absolute Gasteiger partial charge is 0.00745 e. The van der Waals surface area contributed by atoms with E-state index in [1.54, 1.807) is 0 Å². The van der Waals surface area contributed by atoms with Crippen LogP contribution >= 0.6 is 15.9 Å². The lowest BCUT2D eigenvalue weighted by Gasteiger charge is -1.98. The van der Waals surface area contributed by atoms with Gasteiger partial charge in [-0.25, -0.2) is 0 Å². The molecule has 0 aliphatic heterocycles. The van der Waals surface area contributed by atoms with Gasteiger partial charge < -0.3 is 0 Å². The highest BCUT2D eigenvalue weighted by Gasteiger charge is 1.91. The SMILES string of the molecule is C=C(/C=C\C=C/C)C(=C)/C=C(\C)Br. The van der Waals surface area contributed by atoms with E-state index in [1.807, 2.05) is 44.2 Å². The Kier molecular flexibility index (Phi) is 6.25. The van der Waals surface area contributed by atoms with Gasteiger partial charge in [-0.2, -0.15) is 0 Å². The Hall–Kier alpha value is -0.820. The van der Waals surface area contributed by atoms with Gasteiger partial charge in [-0.3, -0.25) is 0 Å². The summed E-state index contributed by atoms with van der Waals surface area (Å²) in [5.41, 5.74) is 1.85. The summed E-state index contributed by atoms with van der Waals surface area (Å²) in [5, 5.41) is 0. The van der Waals surface area contributed by atoms with E-state index >= 15 is 0 Å². The normalized spacial score (nSPS) is 12.7. The van der Waals surface area contributed by atoms with Crippen LogP contribution in [0.4, 0.5) is 0 Å². The lowest BCUT2D eigenvalue weighted by Crippen LogP contribution is -1.77. The maximum Gasteiger partial charge on any atom is -0.00745 e. The Morgan fingerprint density at radius 2 is 1.77 bits per heavy atom. The molecule has 0 nitrogen and oxygen atoms in total. The van der Waals surface area contributed by atoms with Gasteiger partial charge in [-0.1, -0.05) is 53.4 Å². The maximum absolute atomic E-state index is 3.89. The summed E-state index contributed by atoms with van der Waals surface area (Å²) >= 11 is 3.35. The molecule has 0 aromatic heterocycles. The van der Waals surface area contributed by atoms with Crippen molar-refractivity contribution < 1.29 is 0 Å². The molecule has 0 bridgehead atoms. The number of halogens is 1. The van der Waals surface area contributed by atoms with Crippen LogP contribution in [0.25, 0.3) is 0 Å². The summed E-state index contributed by atoms with van der Waals surface area (Å²) in [6.45, 7) is 11.7. The van der Waals surface area contributed by atoms with E-state index in [-0.39, 0.29) is 0 Å². The Balaban J connectivity index is 4.29. The number of hydrogen-bond donors (Lipinski definition) is 0. The molecule has 0 heterocycles. The van der Waals surface area contributed by atoms with E-state index in [2.05, 4.69) is 29.1 Å². The first-order valence-electron chi connectivity index (χ1n) is 4.09. The predicted molar refractivity (Wildman–Crippen MR) is 64.9 cm³/mol. The molecule has 0 saturated carbocycles. The van der Waals surface area contributed by atoms with Gasteiger partial charge in [0, 0.05) is 0 Å². The van der Waals surface area contributed by atoms with Crippen molar-refractivity contribution in [1.82, 2.24) is 0 Å². The molecule has 0 rings (SSSR count). The Labute approximate surface area is 89.2 Å². The summed E-state index contributed by atoms with van der Waals surface area (Å²) in [6, 6.07) is 0. The minimum absolute atomic E-state index is 0.926. The fourth-order valence-corrected chi connectivity index (χ4v) is 0.999. The number of allylic oxidation sites excluding steroid dienone is 8. The second-order valence-electron chi connectivity index (χ2n) is 2.67. The van der Waals surface area contributed by atoms with Crippen LogP contribution in [0.15, 0.2) is 59.2 Å². The molecule has 0 N–H and O–H groups in total. The van der Waals surface area contributed by atoms with Crippen molar-refractivity contribution in [2.45, 2.75) is 13.8 Å². The summed E-state index contributed by atoms with van der Waals surface area (Å²) in [7, 11) is 0. The molecule has 0 atom stereocenters. The molecule has 0 saturated heterocycles. The molecule has 0 aliphatic carbocycles. The summed E-state index contributed by atoms with van der Waals surface area (Å²) < 4.78 is 1.05. The zero-order valence-corrected chi connectivity index (χ0v) is 9.76. The van der Waals surface area contributed by atoms with E-state index in [4.69, 9.17) is 0 Å². The van der Waals surface area contributed by atoms with Crippen molar-refractivity contribution >= 4 is 15.9 Å². The fraction of sp³-hybridized carbons (Fsp3) is 0.167. The Morgan fingerprint density at radius 3 is 2.23 bits per heavy atom. The second kappa shape index (κ2) is 6.67. The van der Waals surface area contributed by atoms with Crippen LogP contribution in [0.5, 0.6) is 0 Å². The van der Waals surface area contributed by atoms with Crippen molar-refractivity contribution in [2.75, 3.05) is 0 Å². The highest BCUT2D eigenvalue weighted by molar-refractivity contribution is 9.11. The number of rotatable bonds is 4. The lowest BCUT2D eigenvalue weighted by atomic mass is 10.1. The maximum atomic E-state index is 3.89. The highest BCUT2D eigenvalue weighted by Crippen LogP contribution is 2.13. The third-order valence-electron chi connectivity index (χ3n) is 1.39. The molecule has 0 aromatic rings. The zero-order chi connectivity index (χ0) is 10.3. The highest BCUT2D eigenvalue weighted by atomic mass is 79.9. The monoisotopic (exact) mass is 238 g/mol. The van der Waals surface area contributed by atoms with E-state index in [0.717, 1.165) is 15.6 Å². The van der Waals surface area contributed by atoms with Gasteiger partial charge in [0.05, 0.1) is 0 Å². The van der Waals surface area contributed by atoms with E-state index in [0.29, 0.717) is 0 Å². The third kappa shape index (κ3) is 6.35. The topological polar surface area (TPSA) is 0 Å². The van der Waals surface area contributed by atoms with Crippen LogP contribution in [0.1, 0.15) is 13.8 Å². The minimum Gasteiger partial charge on any atom is -0.0912 e. The Morgan fingerprint density at radius 1 is 1.15 bits per heavy atom. The largest absolute Gasteiger partial charge is 0.0912 e. The van der Waals surface area contributed by atoms with Crippen molar-refractivity contribution in [3.05, 3.63) is 59.2 Å². The average molecular weight is 239 g/mol. The van der Waals surface area contributed by atoms with Crippen molar-refractivity contribution in [3.63, 3.8) is 0 Å². The first-order valence-corrected chi connectivity index (χ1v) is 4.88. The average Bonchev–Trinajstić information content (AvgIpc) is 2.03. The summed E-state index contributed by atoms with van der Waals surface area (Å²) in [4.78, 5) is 0. The van der Waals surface area contributed by atoms with Crippen molar-refractivity contribution in [2.24, 2.45) is 0 Å². The molecule has 0 fully saturated rings. The molecular weight excluding hydrogens is 224 g/mol. The van der Waals surface area contributed by atoms with Gasteiger partial charge in [0.2, 0.25) is 0 Å². The lowest BCUT2D eigenvalue weighted by molar-refractivity contribution is 1.55. The van der Waals surface area contributed by atoms with Crippen LogP contribution in [0.2, 0.25) is 0 Å². The van der Waals surface area contributed by atoms with Gasteiger partial charge in [-0.15, -0.1) is 0 Å². The molecule has 0 radical (unpaired) electrons. The first-order chi connectivity index (χ1) is 6.07. The molecule has 1 heteroatoms. The van der Waals surface area contributed by atoms with Gasteiger partial charge in [0.1, 0.15) is 0 Å². The molecule has 0 spiro atoms. The summed E-state index contributed by atoms with van der Waals surface area (Å²) in [5.74, 6) is 0. The van der Waals surface area contributed by atoms with Crippen LogP contribution < -0.4 is 0 Å². The van der Waals surface area contributed by atoms with E-state index in [9.17, 15) is 0 Å². The fourth-order valence-electron chi connectivity index (χ4n) is 0.723. The van der Waals surface area contributed by atoms with Crippen LogP contribution in [0, 0.1) is 0 Å². The molecule has 70 valence electrons. The van der Waals surface area contributed by atoms with Gasteiger partial charge in [0.15, 0.2) is 0 Å². The van der Waals surface area contributed by atoms with E-state index < -0.39 is 0 Å². The van der Waals surface area contributed by atoms with Crippen LogP contribution in [0.3, 0.4) is 0 Å². The molecule has 0 aromatic carbocycles. The third-order valence-corrected chi connectivity index (χ3v) is 1.62. The van der Waals surface area contributed by atoms with Crippen LogP contribution in [-0.4, -0.2) is 0 Å². The quantitative estimate of drug-likeness (QED) is 0.632. The standard InChI is InChI=1S/C12H15Br/c1-5-6-7-8-10(2)11(3)9-12(4)13/h5-9H,2-3H2,1,4H3/b6-5-,8-7-,12-9+. The summed E-state index contributed by atoms with van der Waals surface area (Å²) in [6.07, 6.45) is 9.77. The van der Waals surface area contributed by atoms with Gasteiger partial charge in [0.25, 0.3) is 0 Å². The molecule has 0 amide bonds. The second-order valence-corrected chi connectivity index (χ2v) is 3.92. The Bertz CT molecular complexity index is 273. The van der Waals surface area contributed by atoms with E-state index in [1.165, 1.54) is 0 Å². The minimum atomic E-state index is 0.926. The number of hydrogen-bond acceptors (Lipinski definition) is 0. The van der Waals surface area contributed by atoms with Gasteiger partial charge in [-0.05, 0) is 35.6 Å². The molecular formula is C12H15Br. The predicted octanol–water partition coefficient (Wildman–Crippen LogP) is 4.53. The molecule has 0 aliphatic rings. The molecule has 0 unspecified atom stereocenters.